The quantitative estimate of drug-likeness (QED) is 0.366. The number of halogens is 1. The molecule has 2 saturated carbocycles. The SMILES string of the molecule is CN=C(NCC1(C2CC2)CC1)NC1CCN(Cc2ccccc2)C(C)C1.I. The van der Waals surface area contributed by atoms with Crippen molar-refractivity contribution in [2.45, 2.75) is 64.1 Å². The molecule has 150 valence electrons. The second-order valence-electron chi connectivity index (χ2n) is 8.73. The number of piperidine rings is 1. The smallest absolute Gasteiger partial charge is 0.191 e. The minimum Gasteiger partial charge on any atom is -0.356 e. The molecule has 0 spiro atoms. The van der Waals surface area contributed by atoms with E-state index in [4.69, 9.17) is 0 Å². The number of hydrogen-bond acceptors (Lipinski definition) is 2. The van der Waals surface area contributed by atoms with E-state index in [9.17, 15) is 0 Å². The van der Waals surface area contributed by atoms with Crippen LogP contribution in [-0.2, 0) is 6.54 Å². The lowest BCUT2D eigenvalue weighted by atomic mass is 9.97. The molecule has 2 aliphatic carbocycles. The molecule has 4 nitrogen and oxygen atoms in total. The van der Waals surface area contributed by atoms with E-state index in [-0.39, 0.29) is 24.0 Å². The third-order valence-electron chi connectivity index (χ3n) is 6.75. The number of guanidine groups is 1. The maximum Gasteiger partial charge on any atom is 0.191 e. The van der Waals surface area contributed by atoms with Gasteiger partial charge in [-0.15, -0.1) is 24.0 Å². The second kappa shape index (κ2) is 9.12. The number of likely N-dealkylation sites (tertiary alicyclic amines) is 1. The van der Waals surface area contributed by atoms with Crippen molar-refractivity contribution in [2.24, 2.45) is 16.3 Å². The highest BCUT2D eigenvalue weighted by atomic mass is 127. The van der Waals surface area contributed by atoms with Crippen LogP contribution in [0.5, 0.6) is 0 Å². The molecule has 1 aromatic carbocycles. The molecular formula is C22H35IN4. The molecule has 2 atom stereocenters. The number of aliphatic imine (C=N–C) groups is 1. The molecule has 1 aliphatic heterocycles. The molecule has 2 unspecified atom stereocenters. The third-order valence-corrected chi connectivity index (χ3v) is 6.75. The minimum absolute atomic E-state index is 0. The van der Waals surface area contributed by atoms with Crippen molar-refractivity contribution in [3.63, 3.8) is 0 Å². The van der Waals surface area contributed by atoms with Gasteiger partial charge in [-0.1, -0.05) is 30.3 Å². The van der Waals surface area contributed by atoms with Crippen molar-refractivity contribution in [3.05, 3.63) is 35.9 Å². The summed E-state index contributed by atoms with van der Waals surface area (Å²) in [4.78, 5) is 7.09. The minimum atomic E-state index is 0. The Bertz CT molecular complexity index is 624. The highest BCUT2D eigenvalue weighted by Gasteiger charge is 2.53. The molecule has 1 saturated heterocycles. The Hall–Kier alpha value is -0.820. The summed E-state index contributed by atoms with van der Waals surface area (Å²) in [5.74, 6) is 2.00. The summed E-state index contributed by atoms with van der Waals surface area (Å²) in [6, 6.07) is 12.0. The van der Waals surface area contributed by atoms with Gasteiger partial charge in [0.05, 0.1) is 0 Å². The highest BCUT2D eigenvalue weighted by molar-refractivity contribution is 14.0. The number of nitrogens with zero attached hydrogens (tertiary/aromatic N) is 2. The van der Waals surface area contributed by atoms with Gasteiger partial charge in [-0.2, -0.15) is 0 Å². The zero-order chi connectivity index (χ0) is 18.0. The Balaban J connectivity index is 0.00000210. The van der Waals surface area contributed by atoms with Gasteiger partial charge in [0.2, 0.25) is 0 Å². The van der Waals surface area contributed by atoms with Crippen LogP contribution in [0.4, 0.5) is 0 Å². The molecule has 1 heterocycles. The summed E-state index contributed by atoms with van der Waals surface area (Å²) in [5, 5.41) is 7.32. The lowest BCUT2D eigenvalue weighted by Crippen LogP contribution is -2.52. The lowest BCUT2D eigenvalue weighted by Gasteiger charge is -2.38. The van der Waals surface area contributed by atoms with E-state index in [1.54, 1.807) is 0 Å². The molecule has 3 aliphatic rings. The van der Waals surface area contributed by atoms with Crippen LogP contribution in [0.1, 0.15) is 51.0 Å². The summed E-state index contributed by atoms with van der Waals surface area (Å²) >= 11 is 0. The fraction of sp³-hybridized carbons (Fsp3) is 0.682. The summed E-state index contributed by atoms with van der Waals surface area (Å²) < 4.78 is 0. The average Bonchev–Trinajstić information content (AvgIpc) is 3.55. The number of hydrogen-bond donors (Lipinski definition) is 2. The predicted molar refractivity (Wildman–Crippen MR) is 124 cm³/mol. The molecule has 0 amide bonds. The summed E-state index contributed by atoms with van der Waals surface area (Å²) in [7, 11) is 1.90. The number of rotatable bonds is 6. The molecule has 0 aromatic heterocycles. The molecule has 4 rings (SSSR count). The Morgan fingerprint density at radius 1 is 1.19 bits per heavy atom. The van der Waals surface area contributed by atoms with Gasteiger partial charge >= 0.3 is 0 Å². The molecular weight excluding hydrogens is 447 g/mol. The van der Waals surface area contributed by atoms with Crippen molar-refractivity contribution < 1.29 is 0 Å². The van der Waals surface area contributed by atoms with E-state index >= 15 is 0 Å². The first-order valence-electron chi connectivity index (χ1n) is 10.4. The lowest BCUT2D eigenvalue weighted by molar-refractivity contribution is 0.134. The van der Waals surface area contributed by atoms with Crippen LogP contribution in [0.3, 0.4) is 0 Å². The second-order valence-corrected chi connectivity index (χ2v) is 8.73. The van der Waals surface area contributed by atoms with E-state index < -0.39 is 0 Å². The van der Waals surface area contributed by atoms with Gasteiger partial charge in [-0.05, 0) is 62.3 Å². The van der Waals surface area contributed by atoms with Crippen molar-refractivity contribution in [3.8, 4) is 0 Å². The van der Waals surface area contributed by atoms with Crippen molar-refractivity contribution in [1.82, 2.24) is 15.5 Å². The summed E-state index contributed by atoms with van der Waals surface area (Å²) in [6.07, 6.45) is 8.09. The van der Waals surface area contributed by atoms with Crippen molar-refractivity contribution in [2.75, 3.05) is 20.1 Å². The molecule has 5 heteroatoms. The maximum absolute atomic E-state index is 4.49. The van der Waals surface area contributed by atoms with Crippen molar-refractivity contribution >= 4 is 29.9 Å². The third kappa shape index (κ3) is 5.37. The van der Waals surface area contributed by atoms with E-state index in [0.717, 1.165) is 31.5 Å². The van der Waals surface area contributed by atoms with Crippen molar-refractivity contribution in [1.29, 1.82) is 0 Å². The van der Waals surface area contributed by atoms with Gasteiger partial charge in [0.15, 0.2) is 5.96 Å². The Kier molecular flexibility index (Phi) is 7.06. The zero-order valence-corrected chi connectivity index (χ0v) is 19.1. The Morgan fingerprint density at radius 3 is 2.52 bits per heavy atom. The number of benzene rings is 1. The fourth-order valence-electron chi connectivity index (χ4n) is 4.64. The standard InChI is InChI=1S/C22H34N4.HI/c1-17-14-20(10-13-26(17)15-18-6-4-3-5-7-18)25-21(23-2)24-16-22(11-12-22)19-8-9-19;/h3-7,17,19-20H,8-16H2,1-2H3,(H2,23,24,25);1H. The Labute approximate surface area is 181 Å². The zero-order valence-electron chi connectivity index (χ0n) is 16.8. The topological polar surface area (TPSA) is 39.7 Å². The van der Waals surface area contributed by atoms with Crippen LogP contribution >= 0.6 is 24.0 Å². The Morgan fingerprint density at radius 2 is 1.93 bits per heavy atom. The van der Waals surface area contributed by atoms with Crippen LogP contribution in [0, 0.1) is 11.3 Å². The predicted octanol–water partition coefficient (Wildman–Crippen LogP) is 4.01. The van der Waals surface area contributed by atoms with Gasteiger partial charge in [0, 0.05) is 38.8 Å². The molecule has 0 radical (unpaired) electrons. The fourth-order valence-corrected chi connectivity index (χ4v) is 4.64. The first-order chi connectivity index (χ1) is 12.7. The van der Waals surface area contributed by atoms with E-state index in [0.29, 0.717) is 17.5 Å². The van der Waals surface area contributed by atoms with Crippen LogP contribution < -0.4 is 10.6 Å². The van der Waals surface area contributed by atoms with Gasteiger partial charge in [0.25, 0.3) is 0 Å². The maximum atomic E-state index is 4.49. The molecule has 3 fully saturated rings. The van der Waals surface area contributed by atoms with Gasteiger partial charge < -0.3 is 10.6 Å². The van der Waals surface area contributed by atoms with Crippen LogP contribution in [-0.4, -0.2) is 43.1 Å². The first-order valence-corrected chi connectivity index (χ1v) is 10.4. The van der Waals surface area contributed by atoms with E-state index in [1.807, 2.05) is 7.05 Å². The average molecular weight is 482 g/mol. The summed E-state index contributed by atoms with van der Waals surface area (Å²) in [6.45, 7) is 5.68. The number of nitrogens with one attached hydrogen (secondary N) is 2. The summed E-state index contributed by atoms with van der Waals surface area (Å²) in [5.41, 5.74) is 2.03. The van der Waals surface area contributed by atoms with Gasteiger partial charge in [-0.25, -0.2) is 0 Å². The van der Waals surface area contributed by atoms with E-state index in [2.05, 4.69) is 57.8 Å². The van der Waals surface area contributed by atoms with Gasteiger partial charge in [0.1, 0.15) is 0 Å². The normalized spacial score (nSPS) is 27.6. The highest BCUT2D eigenvalue weighted by Crippen LogP contribution is 2.60. The first kappa shape index (κ1) is 20.9. The monoisotopic (exact) mass is 482 g/mol. The molecule has 1 aromatic rings. The molecule has 27 heavy (non-hydrogen) atoms. The van der Waals surface area contributed by atoms with Crippen LogP contribution in [0.2, 0.25) is 0 Å². The van der Waals surface area contributed by atoms with Crippen LogP contribution in [0.25, 0.3) is 0 Å². The molecule has 0 bridgehead atoms. The largest absolute Gasteiger partial charge is 0.356 e. The van der Waals surface area contributed by atoms with Crippen LogP contribution in [0.15, 0.2) is 35.3 Å². The van der Waals surface area contributed by atoms with Gasteiger partial charge in [-0.3, -0.25) is 9.89 Å². The molecule has 2 N–H and O–H groups in total. The van der Waals surface area contributed by atoms with E-state index in [1.165, 1.54) is 44.1 Å².